The summed E-state index contributed by atoms with van der Waals surface area (Å²) in [6.07, 6.45) is 3.42. The third-order valence-electron chi connectivity index (χ3n) is 2.51. The number of halogens is 2. The SMILES string of the molecule is OCC(Nc1ccccc1Cl)c1cncc(Br)c1. The Balaban J connectivity index is 2.23. The van der Waals surface area contributed by atoms with Gasteiger partial charge in [-0.15, -0.1) is 0 Å². The minimum absolute atomic E-state index is 0.0383. The minimum atomic E-state index is -0.241. The molecule has 1 heterocycles. The van der Waals surface area contributed by atoms with Crippen molar-refractivity contribution in [1.29, 1.82) is 0 Å². The van der Waals surface area contributed by atoms with Crippen molar-refractivity contribution in [2.75, 3.05) is 11.9 Å². The van der Waals surface area contributed by atoms with Gasteiger partial charge in [-0.05, 0) is 39.7 Å². The molecule has 2 rings (SSSR count). The summed E-state index contributed by atoms with van der Waals surface area (Å²) in [6, 6.07) is 9.10. The number of aromatic nitrogens is 1. The number of hydrogen-bond donors (Lipinski definition) is 2. The molecular formula is C13H12BrClN2O. The van der Waals surface area contributed by atoms with Gasteiger partial charge >= 0.3 is 0 Å². The predicted octanol–water partition coefficient (Wildman–Crippen LogP) is 3.64. The van der Waals surface area contributed by atoms with Gasteiger partial charge in [0.05, 0.1) is 23.4 Å². The summed E-state index contributed by atoms with van der Waals surface area (Å²) < 4.78 is 0.874. The first-order chi connectivity index (χ1) is 8.70. The van der Waals surface area contributed by atoms with E-state index in [1.807, 2.05) is 24.3 Å². The molecule has 1 unspecified atom stereocenters. The summed E-state index contributed by atoms with van der Waals surface area (Å²) >= 11 is 9.44. The fourth-order valence-electron chi connectivity index (χ4n) is 1.62. The second kappa shape index (κ2) is 6.18. The molecule has 0 radical (unpaired) electrons. The average Bonchev–Trinajstić information content (AvgIpc) is 2.38. The maximum atomic E-state index is 9.47. The largest absolute Gasteiger partial charge is 0.394 e. The number of nitrogens with one attached hydrogen (secondary N) is 1. The summed E-state index contributed by atoms with van der Waals surface area (Å²) in [5, 5.41) is 13.3. The Labute approximate surface area is 119 Å². The molecule has 1 aromatic carbocycles. The molecule has 0 aliphatic carbocycles. The summed E-state index contributed by atoms with van der Waals surface area (Å²) in [7, 11) is 0. The fourth-order valence-corrected chi connectivity index (χ4v) is 2.19. The van der Waals surface area contributed by atoms with Gasteiger partial charge in [-0.1, -0.05) is 23.7 Å². The van der Waals surface area contributed by atoms with Gasteiger partial charge in [0.2, 0.25) is 0 Å². The zero-order valence-corrected chi connectivity index (χ0v) is 11.8. The summed E-state index contributed by atoms with van der Waals surface area (Å²) in [4.78, 5) is 4.09. The van der Waals surface area contributed by atoms with E-state index in [4.69, 9.17) is 11.6 Å². The Morgan fingerprint density at radius 3 is 2.78 bits per heavy atom. The van der Waals surface area contributed by atoms with Crippen LogP contribution in [0.1, 0.15) is 11.6 Å². The maximum absolute atomic E-state index is 9.47. The number of rotatable bonds is 4. The lowest BCUT2D eigenvalue weighted by molar-refractivity contribution is 0.276. The number of para-hydroxylation sites is 1. The van der Waals surface area contributed by atoms with Crippen molar-refractivity contribution in [3.63, 3.8) is 0 Å². The van der Waals surface area contributed by atoms with Gasteiger partial charge in [0, 0.05) is 16.9 Å². The minimum Gasteiger partial charge on any atom is -0.394 e. The van der Waals surface area contributed by atoms with E-state index in [1.54, 1.807) is 18.5 Å². The highest BCUT2D eigenvalue weighted by atomic mass is 79.9. The average molecular weight is 328 g/mol. The molecule has 1 aromatic heterocycles. The van der Waals surface area contributed by atoms with E-state index in [9.17, 15) is 5.11 Å². The molecule has 1 atom stereocenters. The van der Waals surface area contributed by atoms with Crippen LogP contribution in [0.4, 0.5) is 5.69 Å². The van der Waals surface area contributed by atoms with Crippen LogP contribution in [0.5, 0.6) is 0 Å². The molecule has 0 saturated heterocycles. The van der Waals surface area contributed by atoms with Gasteiger partial charge in [-0.2, -0.15) is 0 Å². The van der Waals surface area contributed by atoms with Gasteiger partial charge in [-0.3, -0.25) is 4.98 Å². The molecule has 2 N–H and O–H groups in total. The highest BCUT2D eigenvalue weighted by Gasteiger charge is 2.12. The quantitative estimate of drug-likeness (QED) is 0.901. The highest BCUT2D eigenvalue weighted by molar-refractivity contribution is 9.10. The number of nitrogens with zero attached hydrogens (tertiary/aromatic N) is 1. The van der Waals surface area contributed by atoms with Crippen molar-refractivity contribution in [2.45, 2.75) is 6.04 Å². The fraction of sp³-hybridized carbons (Fsp3) is 0.154. The second-order valence-corrected chi connectivity index (χ2v) is 5.12. The van der Waals surface area contributed by atoms with E-state index in [1.165, 1.54) is 0 Å². The topological polar surface area (TPSA) is 45.1 Å². The molecule has 0 bridgehead atoms. The van der Waals surface area contributed by atoms with Crippen molar-refractivity contribution in [2.24, 2.45) is 0 Å². The van der Waals surface area contributed by atoms with Crippen LogP contribution in [0.2, 0.25) is 5.02 Å². The molecule has 3 nitrogen and oxygen atoms in total. The van der Waals surface area contributed by atoms with Crippen LogP contribution < -0.4 is 5.32 Å². The van der Waals surface area contributed by atoms with E-state index in [2.05, 4.69) is 26.2 Å². The molecule has 0 fully saturated rings. The van der Waals surface area contributed by atoms with E-state index < -0.39 is 0 Å². The van der Waals surface area contributed by atoms with Gasteiger partial charge in [0.25, 0.3) is 0 Å². The molecule has 5 heteroatoms. The van der Waals surface area contributed by atoms with Crippen LogP contribution >= 0.6 is 27.5 Å². The molecule has 0 aliphatic heterocycles. The van der Waals surface area contributed by atoms with Crippen molar-refractivity contribution in [3.8, 4) is 0 Å². The van der Waals surface area contributed by atoms with Gasteiger partial charge in [-0.25, -0.2) is 0 Å². The second-order valence-electron chi connectivity index (χ2n) is 3.80. The third-order valence-corrected chi connectivity index (χ3v) is 3.28. The number of benzene rings is 1. The van der Waals surface area contributed by atoms with E-state index in [-0.39, 0.29) is 12.6 Å². The highest BCUT2D eigenvalue weighted by Crippen LogP contribution is 2.26. The first-order valence-electron chi connectivity index (χ1n) is 5.43. The maximum Gasteiger partial charge on any atom is 0.0760 e. The Kier molecular flexibility index (Phi) is 4.58. The van der Waals surface area contributed by atoms with Crippen LogP contribution in [-0.2, 0) is 0 Å². The van der Waals surface area contributed by atoms with Crippen molar-refractivity contribution in [3.05, 3.63) is 57.8 Å². The molecular weight excluding hydrogens is 316 g/mol. The number of hydrogen-bond acceptors (Lipinski definition) is 3. The van der Waals surface area contributed by atoms with E-state index in [0.717, 1.165) is 15.7 Å². The Bertz CT molecular complexity index is 536. The van der Waals surface area contributed by atoms with Gasteiger partial charge in [0.1, 0.15) is 0 Å². The van der Waals surface area contributed by atoms with Crippen LogP contribution in [0, 0.1) is 0 Å². The summed E-state index contributed by atoms with van der Waals surface area (Å²) in [5.41, 5.74) is 1.69. The Morgan fingerprint density at radius 2 is 2.11 bits per heavy atom. The molecule has 0 saturated carbocycles. The lowest BCUT2D eigenvalue weighted by atomic mass is 10.1. The monoisotopic (exact) mass is 326 g/mol. The zero-order chi connectivity index (χ0) is 13.0. The molecule has 2 aromatic rings. The number of anilines is 1. The molecule has 18 heavy (non-hydrogen) atoms. The third kappa shape index (κ3) is 3.22. The zero-order valence-electron chi connectivity index (χ0n) is 9.48. The Hall–Kier alpha value is -1.10. The van der Waals surface area contributed by atoms with Gasteiger partial charge in [0.15, 0.2) is 0 Å². The van der Waals surface area contributed by atoms with Gasteiger partial charge < -0.3 is 10.4 Å². The molecule has 0 spiro atoms. The number of aliphatic hydroxyl groups excluding tert-OH is 1. The van der Waals surface area contributed by atoms with Crippen LogP contribution in [0.15, 0.2) is 47.2 Å². The lowest BCUT2D eigenvalue weighted by Gasteiger charge is -2.18. The first kappa shape index (κ1) is 13.3. The summed E-state index contributed by atoms with van der Waals surface area (Å²) in [5.74, 6) is 0. The molecule has 94 valence electrons. The summed E-state index contributed by atoms with van der Waals surface area (Å²) in [6.45, 7) is -0.0383. The van der Waals surface area contributed by atoms with E-state index >= 15 is 0 Å². The van der Waals surface area contributed by atoms with Crippen LogP contribution in [0.3, 0.4) is 0 Å². The van der Waals surface area contributed by atoms with Crippen molar-refractivity contribution < 1.29 is 5.11 Å². The van der Waals surface area contributed by atoms with Crippen LogP contribution in [-0.4, -0.2) is 16.7 Å². The predicted molar refractivity (Wildman–Crippen MR) is 76.8 cm³/mol. The van der Waals surface area contributed by atoms with Crippen molar-refractivity contribution in [1.82, 2.24) is 4.98 Å². The van der Waals surface area contributed by atoms with E-state index in [0.29, 0.717) is 5.02 Å². The lowest BCUT2D eigenvalue weighted by Crippen LogP contribution is -2.15. The molecule has 0 aliphatic rings. The number of pyridine rings is 1. The normalized spacial score (nSPS) is 12.2. The van der Waals surface area contributed by atoms with Crippen LogP contribution in [0.25, 0.3) is 0 Å². The van der Waals surface area contributed by atoms with Crippen molar-refractivity contribution >= 4 is 33.2 Å². The first-order valence-corrected chi connectivity index (χ1v) is 6.60. The molecule has 0 amide bonds. The smallest absolute Gasteiger partial charge is 0.0760 e. The standard InChI is InChI=1S/C13H12BrClN2O/c14-10-5-9(6-16-7-10)13(8-18)17-12-4-2-1-3-11(12)15/h1-7,13,17-18H,8H2. The Morgan fingerprint density at radius 1 is 1.33 bits per heavy atom. The number of aliphatic hydroxyl groups is 1.